The summed E-state index contributed by atoms with van der Waals surface area (Å²) >= 11 is 0. The monoisotopic (exact) mass is 309 g/mol. The van der Waals surface area contributed by atoms with E-state index in [0.717, 1.165) is 25.7 Å². The van der Waals surface area contributed by atoms with E-state index in [1.165, 1.54) is 12.1 Å². The highest BCUT2D eigenvalue weighted by atomic mass is 32.2. The molecule has 0 radical (unpaired) electrons. The molecular formula is C14H19N3O3S. The predicted octanol–water partition coefficient (Wildman–Crippen LogP) is 0.818. The maximum absolute atomic E-state index is 12.0. The third-order valence-corrected chi connectivity index (χ3v) is 5.01. The van der Waals surface area contributed by atoms with Gasteiger partial charge in [0.2, 0.25) is 15.9 Å². The zero-order valence-electron chi connectivity index (χ0n) is 11.6. The van der Waals surface area contributed by atoms with Crippen molar-refractivity contribution < 1.29 is 13.2 Å². The lowest BCUT2D eigenvalue weighted by atomic mass is 10.3. The van der Waals surface area contributed by atoms with Gasteiger partial charge in [0, 0.05) is 17.8 Å². The van der Waals surface area contributed by atoms with Crippen molar-refractivity contribution in [1.29, 1.82) is 0 Å². The Bertz CT molecular complexity index is 619. The lowest BCUT2D eigenvalue weighted by Crippen LogP contribution is -2.29. The van der Waals surface area contributed by atoms with Gasteiger partial charge in [-0.2, -0.15) is 0 Å². The van der Waals surface area contributed by atoms with Gasteiger partial charge in [-0.3, -0.25) is 4.79 Å². The highest BCUT2D eigenvalue weighted by molar-refractivity contribution is 7.89. The van der Waals surface area contributed by atoms with Crippen LogP contribution in [0.1, 0.15) is 25.7 Å². The van der Waals surface area contributed by atoms with Gasteiger partial charge in [0.1, 0.15) is 0 Å². The average molecular weight is 309 g/mol. The number of sulfonamides is 1. The van der Waals surface area contributed by atoms with Crippen molar-refractivity contribution in [2.45, 2.75) is 42.7 Å². The first-order valence-corrected chi connectivity index (χ1v) is 8.67. The van der Waals surface area contributed by atoms with E-state index < -0.39 is 10.0 Å². The van der Waals surface area contributed by atoms with Crippen molar-refractivity contribution in [3.05, 3.63) is 24.3 Å². The van der Waals surface area contributed by atoms with Crippen molar-refractivity contribution in [1.82, 2.24) is 10.0 Å². The van der Waals surface area contributed by atoms with Gasteiger partial charge >= 0.3 is 0 Å². The molecule has 0 unspecified atom stereocenters. The molecule has 1 amide bonds. The molecule has 0 aromatic heterocycles. The molecule has 0 saturated heterocycles. The minimum atomic E-state index is -3.43. The number of hydrogen-bond acceptors (Lipinski definition) is 4. The highest BCUT2D eigenvalue weighted by Crippen LogP contribution is 2.23. The van der Waals surface area contributed by atoms with Gasteiger partial charge in [0.05, 0.1) is 11.4 Å². The van der Waals surface area contributed by atoms with Crippen molar-refractivity contribution in [2.75, 3.05) is 11.9 Å². The summed E-state index contributed by atoms with van der Waals surface area (Å²) < 4.78 is 26.6. The third kappa shape index (κ3) is 4.26. The number of rotatable bonds is 7. The van der Waals surface area contributed by atoms with E-state index in [1.807, 2.05) is 0 Å². The minimum Gasteiger partial charge on any atom is -0.325 e. The van der Waals surface area contributed by atoms with Crippen LogP contribution in [0.15, 0.2) is 29.2 Å². The summed E-state index contributed by atoms with van der Waals surface area (Å²) in [6.07, 6.45) is 4.07. The van der Waals surface area contributed by atoms with Crippen LogP contribution < -0.4 is 15.4 Å². The molecule has 1 aromatic rings. The first kappa shape index (κ1) is 14.5. The number of carbonyl (C=O) groups is 1. The van der Waals surface area contributed by atoms with Crippen molar-refractivity contribution in [2.24, 2.45) is 0 Å². The van der Waals surface area contributed by atoms with Crippen molar-refractivity contribution >= 4 is 21.6 Å². The second kappa shape index (κ2) is 5.75. The standard InChI is InChI=1S/C14H19N3O3S/c18-14(9-15-10-1-2-10)16-11-5-7-13(8-6-11)21(19,20)17-12-3-4-12/h5-8,10,12,15,17H,1-4,9H2,(H,16,18). The number of benzene rings is 1. The first-order chi connectivity index (χ1) is 10.0. The molecule has 6 nitrogen and oxygen atoms in total. The molecule has 1 aromatic carbocycles. The maximum Gasteiger partial charge on any atom is 0.240 e. The third-order valence-electron chi connectivity index (χ3n) is 3.48. The van der Waals surface area contributed by atoms with Crippen LogP contribution in [-0.2, 0) is 14.8 Å². The number of hydrogen-bond donors (Lipinski definition) is 3. The molecule has 21 heavy (non-hydrogen) atoms. The Labute approximate surface area is 124 Å². The van der Waals surface area contributed by atoms with E-state index in [2.05, 4.69) is 15.4 Å². The Kier molecular flexibility index (Phi) is 3.97. The molecule has 3 rings (SSSR count). The van der Waals surface area contributed by atoms with Crippen molar-refractivity contribution in [3.63, 3.8) is 0 Å². The molecule has 2 aliphatic rings. The van der Waals surface area contributed by atoms with Gasteiger partial charge in [-0.25, -0.2) is 13.1 Å². The molecule has 2 fully saturated rings. The minimum absolute atomic E-state index is 0.0860. The molecule has 0 heterocycles. The summed E-state index contributed by atoms with van der Waals surface area (Å²) in [7, 11) is -3.43. The smallest absolute Gasteiger partial charge is 0.240 e. The normalized spacial score (nSPS) is 18.5. The summed E-state index contributed by atoms with van der Waals surface area (Å²) in [5.41, 5.74) is 0.600. The largest absolute Gasteiger partial charge is 0.325 e. The molecule has 3 N–H and O–H groups in total. The number of carbonyl (C=O) groups excluding carboxylic acids is 1. The Balaban J connectivity index is 1.56. The first-order valence-electron chi connectivity index (χ1n) is 7.18. The summed E-state index contributed by atoms with van der Waals surface area (Å²) in [5.74, 6) is -0.117. The zero-order chi connectivity index (χ0) is 14.9. The summed E-state index contributed by atoms with van der Waals surface area (Å²) in [6.45, 7) is 0.286. The SMILES string of the molecule is O=C(CNC1CC1)Nc1ccc(S(=O)(=O)NC2CC2)cc1. The van der Waals surface area contributed by atoms with E-state index in [1.54, 1.807) is 12.1 Å². The Morgan fingerprint density at radius 1 is 1.05 bits per heavy atom. The Morgan fingerprint density at radius 2 is 1.67 bits per heavy atom. The summed E-state index contributed by atoms with van der Waals surface area (Å²) in [4.78, 5) is 11.9. The number of anilines is 1. The lowest BCUT2D eigenvalue weighted by Gasteiger charge is -2.08. The highest BCUT2D eigenvalue weighted by Gasteiger charge is 2.27. The molecule has 7 heteroatoms. The fourth-order valence-corrected chi connectivity index (χ4v) is 3.24. The molecular weight excluding hydrogens is 290 g/mol. The van der Waals surface area contributed by atoms with E-state index >= 15 is 0 Å². The second-order valence-electron chi connectivity index (χ2n) is 5.62. The van der Waals surface area contributed by atoms with Gasteiger partial charge in [-0.05, 0) is 49.9 Å². The fourth-order valence-electron chi connectivity index (χ4n) is 1.94. The van der Waals surface area contributed by atoms with Gasteiger partial charge in [0.25, 0.3) is 0 Å². The van der Waals surface area contributed by atoms with Crippen LogP contribution in [0, 0.1) is 0 Å². The van der Waals surface area contributed by atoms with Crippen molar-refractivity contribution in [3.8, 4) is 0 Å². The molecule has 0 aliphatic heterocycles. The Hall–Kier alpha value is -1.44. The van der Waals surface area contributed by atoms with Gasteiger partial charge < -0.3 is 10.6 Å². The van der Waals surface area contributed by atoms with E-state index in [4.69, 9.17) is 0 Å². The molecule has 0 spiro atoms. The second-order valence-corrected chi connectivity index (χ2v) is 7.34. The summed E-state index contributed by atoms with van der Waals surface area (Å²) in [6, 6.07) is 6.80. The van der Waals surface area contributed by atoms with E-state index in [-0.39, 0.29) is 23.4 Å². The van der Waals surface area contributed by atoms with Gasteiger partial charge in [-0.1, -0.05) is 0 Å². The fraction of sp³-hybridized carbons (Fsp3) is 0.500. The Morgan fingerprint density at radius 3 is 2.24 bits per heavy atom. The van der Waals surface area contributed by atoms with Gasteiger partial charge in [0.15, 0.2) is 0 Å². The van der Waals surface area contributed by atoms with Crippen LogP contribution in [0.2, 0.25) is 0 Å². The number of amides is 1. The zero-order valence-corrected chi connectivity index (χ0v) is 12.4. The average Bonchev–Trinajstić information content (AvgIpc) is 3.32. The van der Waals surface area contributed by atoms with Crippen LogP contribution in [0.25, 0.3) is 0 Å². The van der Waals surface area contributed by atoms with Crippen LogP contribution in [0.4, 0.5) is 5.69 Å². The van der Waals surface area contributed by atoms with Crippen LogP contribution >= 0.6 is 0 Å². The summed E-state index contributed by atoms with van der Waals surface area (Å²) in [5, 5.41) is 5.86. The maximum atomic E-state index is 12.0. The van der Waals surface area contributed by atoms with E-state index in [9.17, 15) is 13.2 Å². The quantitative estimate of drug-likeness (QED) is 0.696. The molecule has 0 atom stereocenters. The number of nitrogens with one attached hydrogen (secondary N) is 3. The molecule has 0 bridgehead atoms. The van der Waals surface area contributed by atoms with E-state index in [0.29, 0.717) is 11.7 Å². The molecule has 114 valence electrons. The van der Waals surface area contributed by atoms with Crippen LogP contribution in [0.5, 0.6) is 0 Å². The topological polar surface area (TPSA) is 87.3 Å². The molecule has 2 aliphatic carbocycles. The predicted molar refractivity (Wildman–Crippen MR) is 79.4 cm³/mol. The van der Waals surface area contributed by atoms with Crippen LogP contribution in [-0.4, -0.2) is 33.0 Å². The lowest BCUT2D eigenvalue weighted by molar-refractivity contribution is -0.115. The molecule has 2 saturated carbocycles. The van der Waals surface area contributed by atoms with Gasteiger partial charge in [-0.15, -0.1) is 0 Å². The van der Waals surface area contributed by atoms with Crippen LogP contribution in [0.3, 0.4) is 0 Å².